The summed E-state index contributed by atoms with van der Waals surface area (Å²) in [5.41, 5.74) is 1.11. The van der Waals surface area contributed by atoms with Crippen LogP contribution in [0.2, 0.25) is 0 Å². The van der Waals surface area contributed by atoms with Crippen molar-refractivity contribution in [1.29, 1.82) is 0 Å². The van der Waals surface area contributed by atoms with E-state index in [0.29, 0.717) is 12.5 Å². The molecule has 2 aromatic rings. The number of guanidine groups is 1. The molecule has 0 saturated heterocycles. The van der Waals surface area contributed by atoms with Gasteiger partial charge in [-0.15, -0.1) is 0 Å². The number of aliphatic imine (C=N–C) groups is 1. The first-order valence-electron chi connectivity index (χ1n) is 9.10. The van der Waals surface area contributed by atoms with Crippen LogP contribution in [0.5, 0.6) is 5.75 Å². The fourth-order valence-electron chi connectivity index (χ4n) is 2.69. The largest absolute Gasteiger partial charge is 0.491 e. The number of aromatic nitrogens is 1. The highest BCUT2D eigenvalue weighted by atomic mass is 19.4. The Bertz CT molecular complexity index is 766. The third-order valence-corrected chi connectivity index (χ3v) is 4.11. The topological polar surface area (TPSA) is 71.7 Å². The van der Waals surface area contributed by atoms with Crippen molar-refractivity contribution in [3.63, 3.8) is 0 Å². The SMILES string of the molecule is CCc1noc(CC)c1CNC(=NC)NCCOc1ccccc1C(F)(F)F. The van der Waals surface area contributed by atoms with Crippen LogP contribution in [0.25, 0.3) is 0 Å². The van der Waals surface area contributed by atoms with Crippen LogP contribution in [-0.2, 0) is 25.6 Å². The summed E-state index contributed by atoms with van der Waals surface area (Å²) < 4.78 is 49.5. The van der Waals surface area contributed by atoms with Crippen molar-refractivity contribution < 1.29 is 22.4 Å². The maximum Gasteiger partial charge on any atom is 0.419 e. The molecule has 6 nitrogen and oxygen atoms in total. The lowest BCUT2D eigenvalue weighted by molar-refractivity contribution is -0.138. The van der Waals surface area contributed by atoms with Crippen LogP contribution in [0.15, 0.2) is 33.8 Å². The van der Waals surface area contributed by atoms with Gasteiger partial charge in [-0.1, -0.05) is 31.1 Å². The van der Waals surface area contributed by atoms with Crippen molar-refractivity contribution in [1.82, 2.24) is 15.8 Å². The second-order valence-electron chi connectivity index (χ2n) is 5.93. The van der Waals surface area contributed by atoms with Crippen LogP contribution in [0.4, 0.5) is 13.2 Å². The second kappa shape index (κ2) is 10.0. The number of halogens is 3. The van der Waals surface area contributed by atoms with E-state index in [1.807, 2.05) is 13.8 Å². The summed E-state index contributed by atoms with van der Waals surface area (Å²) in [4.78, 5) is 4.11. The van der Waals surface area contributed by atoms with Crippen LogP contribution >= 0.6 is 0 Å². The number of aryl methyl sites for hydroxylation is 2. The third-order valence-electron chi connectivity index (χ3n) is 4.11. The van der Waals surface area contributed by atoms with Crippen molar-refractivity contribution >= 4 is 5.96 Å². The van der Waals surface area contributed by atoms with Gasteiger partial charge in [-0.25, -0.2) is 0 Å². The Morgan fingerprint density at radius 3 is 2.57 bits per heavy atom. The van der Waals surface area contributed by atoms with Gasteiger partial charge in [0.25, 0.3) is 0 Å². The van der Waals surface area contributed by atoms with Gasteiger partial charge in [0.15, 0.2) is 5.96 Å². The average Bonchev–Trinajstić information content (AvgIpc) is 3.09. The fourth-order valence-corrected chi connectivity index (χ4v) is 2.69. The highest BCUT2D eigenvalue weighted by Gasteiger charge is 2.33. The number of nitrogens with zero attached hydrogens (tertiary/aromatic N) is 2. The van der Waals surface area contributed by atoms with E-state index in [4.69, 9.17) is 9.26 Å². The number of hydrogen-bond donors (Lipinski definition) is 2. The molecule has 0 aliphatic heterocycles. The summed E-state index contributed by atoms with van der Waals surface area (Å²) in [5, 5.41) is 10.2. The third kappa shape index (κ3) is 5.64. The minimum atomic E-state index is -4.45. The molecule has 0 saturated carbocycles. The first-order chi connectivity index (χ1) is 13.4. The molecule has 1 heterocycles. The molecule has 0 atom stereocenters. The van der Waals surface area contributed by atoms with Crippen LogP contribution in [0.1, 0.15) is 36.4 Å². The number of ether oxygens (including phenoxy) is 1. The first-order valence-corrected chi connectivity index (χ1v) is 9.10. The fraction of sp³-hybridized carbons (Fsp3) is 0.474. The summed E-state index contributed by atoms with van der Waals surface area (Å²) in [7, 11) is 1.62. The van der Waals surface area contributed by atoms with Gasteiger partial charge in [-0.2, -0.15) is 13.2 Å². The van der Waals surface area contributed by atoms with Gasteiger partial charge < -0.3 is 19.9 Å². The highest BCUT2D eigenvalue weighted by molar-refractivity contribution is 5.79. The number of para-hydroxylation sites is 1. The monoisotopic (exact) mass is 398 g/mol. The Kier molecular flexibility index (Phi) is 7.71. The summed E-state index contributed by atoms with van der Waals surface area (Å²) in [6.45, 7) is 4.84. The van der Waals surface area contributed by atoms with E-state index in [0.717, 1.165) is 35.9 Å². The molecule has 0 spiro atoms. The molecular weight excluding hydrogens is 373 g/mol. The minimum Gasteiger partial charge on any atom is -0.491 e. The van der Waals surface area contributed by atoms with Gasteiger partial charge in [-0.3, -0.25) is 4.99 Å². The van der Waals surface area contributed by atoms with Crippen molar-refractivity contribution in [2.24, 2.45) is 4.99 Å². The van der Waals surface area contributed by atoms with Crippen LogP contribution in [0.3, 0.4) is 0 Å². The molecule has 2 rings (SSSR count). The summed E-state index contributed by atoms with van der Waals surface area (Å²) in [6, 6.07) is 5.15. The van der Waals surface area contributed by atoms with Gasteiger partial charge in [0, 0.05) is 25.6 Å². The van der Waals surface area contributed by atoms with Gasteiger partial charge >= 0.3 is 6.18 Å². The van der Waals surface area contributed by atoms with E-state index >= 15 is 0 Å². The van der Waals surface area contributed by atoms with Crippen LogP contribution < -0.4 is 15.4 Å². The normalized spacial score (nSPS) is 12.1. The van der Waals surface area contributed by atoms with Crippen molar-refractivity contribution in [3.8, 4) is 5.75 Å². The Labute approximate surface area is 162 Å². The number of alkyl halides is 3. The molecule has 2 N–H and O–H groups in total. The Hall–Kier alpha value is -2.71. The van der Waals surface area contributed by atoms with Gasteiger partial charge in [0.2, 0.25) is 0 Å². The number of benzene rings is 1. The van der Waals surface area contributed by atoms with E-state index in [1.54, 1.807) is 7.05 Å². The van der Waals surface area contributed by atoms with E-state index in [2.05, 4.69) is 20.8 Å². The molecule has 1 aromatic carbocycles. The molecule has 154 valence electrons. The molecule has 28 heavy (non-hydrogen) atoms. The lowest BCUT2D eigenvalue weighted by Gasteiger charge is -2.15. The molecule has 0 aliphatic rings. The van der Waals surface area contributed by atoms with Crippen LogP contribution in [-0.4, -0.2) is 31.3 Å². The molecule has 0 amide bonds. The zero-order chi connectivity index (χ0) is 20.6. The standard InChI is InChI=1S/C19H25F3N4O2/c1-4-15-13(16(5-2)28-26-15)12-25-18(23-3)24-10-11-27-17-9-7-6-8-14(17)19(20,21)22/h6-9H,4-5,10-12H2,1-3H3,(H2,23,24,25). The molecule has 0 fully saturated rings. The quantitative estimate of drug-likeness (QED) is 0.404. The summed E-state index contributed by atoms with van der Waals surface area (Å²) in [6.07, 6.45) is -2.95. The zero-order valence-corrected chi connectivity index (χ0v) is 16.2. The number of hydrogen-bond acceptors (Lipinski definition) is 4. The number of rotatable bonds is 8. The maximum atomic E-state index is 13.0. The molecular formula is C19H25F3N4O2. The molecule has 0 aliphatic carbocycles. The smallest absolute Gasteiger partial charge is 0.419 e. The van der Waals surface area contributed by atoms with Crippen molar-refractivity contribution in [3.05, 3.63) is 46.8 Å². The molecule has 0 radical (unpaired) electrons. The second-order valence-corrected chi connectivity index (χ2v) is 5.93. The average molecular weight is 398 g/mol. The van der Waals surface area contributed by atoms with Gasteiger partial charge in [0.05, 0.1) is 17.8 Å². The van der Waals surface area contributed by atoms with E-state index in [9.17, 15) is 13.2 Å². The lowest BCUT2D eigenvalue weighted by Crippen LogP contribution is -2.39. The number of nitrogens with one attached hydrogen (secondary N) is 2. The van der Waals surface area contributed by atoms with Gasteiger partial charge in [-0.05, 0) is 18.6 Å². The lowest BCUT2D eigenvalue weighted by atomic mass is 10.1. The predicted molar refractivity (Wildman–Crippen MR) is 100 cm³/mol. The molecule has 0 bridgehead atoms. The predicted octanol–water partition coefficient (Wildman–Crippen LogP) is 3.56. The molecule has 9 heteroatoms. The maximum absolute atomic E-state index is 13.0. The Balaban J connectivity index is 1.85. The van der Waals surface area contributed by atoms with Crippen LogP contribution in [0, 0.1) is 0 Å². The molecule has 1 aromatic heterocycles. The van der Waals surface area contributed by atoms with Crippen molar-refractivity contribution in [2.75, 3.05) is 20.2 Å². The Morgan fingerprint density at radius 1 is 1.18 bits per heavy atom. The highest BCUT2D eigenvalue weighted by Crippen LogP contribution is 2.35. The van der Waals surface area contributed by atoms with Gasteiger partial charge in [0.1, 0.15) is 18.1 Å². The summed E-state index contributed by atoms with van der Waals surface area (Å²) >= 11 is 0. The Morgan fingerprint density at radius 2 is 1.93 bits per heavy atom. The first kappa shape index (κ1) is 21.6. The minimum absolute atomic E-state index is 0.0570. The zero-order valence-electron chi connectivity index (χ0n) is 16.2. The molecule has 0 unspecified atom stereocenters. The van der Waals surface area contributed by atoms with E-state index in [1.165, 1.54) is 18.2 Å². The summed E-state index contributed by atoms with van der Waals surface area (Å²) in [5.74, 6) is 1.15. The van der Waals surface area contributed by atoms with Crippen molar-refractivity contribution in [2.45, 2.75) is 39.4 Å². The van der Waals surface area contributed by atoms with E-state index < -0.39 is 11.7 Å². The van der Waals surface area contributed by atoms with E-state index in [-0.39, 0.29) is 18.9 Å².